The van der Waals surface area contributed by atoms with Crippen molar-refractivity contribution in [2.24, 2.45) is 0 Å². The van der Waals surface area contributed by atoms with E-state index in [2.05, 4.69) is 35.2 Å². The maximum Gasteiger partial charge on any atom is 0.267 e. The largest absolute Gasteiger partial charge is 0.321 e. The molecule has 134 valence electrons. The number of nitrogens with zero attached hydrogens (tertiary/aromatic N) is 2. The molecule has 1 N–H and O–H groups in total. The van der Waals surface area contributed by atoms with Crippen LogP contribution in [0.25, 0.3) is 0 Å². The molecule has 0 unspecified atom stereocenters. The molecule has 4 nitrogen and oxygen atoms in total. The van der Waals surface area contributed by atoms with Crippen LogP contribution in [0.3, 0.4) is 0 Å². The van der Waals surface area contributed by atoms with E-state index in [0.717, 1.165) is 32.7 Å². The number of hydrogen-bond acceptors (Lipinski definition) is 5. The average molecular weight is 384 g/mol. The lowest BCUT2D eigenvalue weighted by molar-refractivity contribution is 0.103. The Balaban J connectivity index is 1.67. The second-order valence-electron chi connectivity index (χ2n) is 6.23. The molecule has 3 aromatic rings. The molecule has 0 aliphatic rings. The minimum Gasteiger partial charge on any atom is -0.321 e. The number of benzene rings is 1. The van der Waals surface area contributed by atoms with Crippen molar-refractivity contribution < 1.29 is 4.79 Å². The standard InChI is InChI=1S/C20H21N3OS2/c1-13(2)20-22-14(3)18(26-20)19(24)23-16-8-6-7-15(11-16)12-25-17-9-4-5-10-21-17/h4-11,13H,12H2,1-3H3,(H,23,24). The molecule has 3 rings (SSSR count). The van der Waals surface area contributed by atoms with Gasteiger partial charge < -0.3 is 5.32 Å². The smallest absolute Gasteiger partial charge is 0.267 e. The van der Waals surface area contributed by atoms with Gasteiger partial charge in [0.25, 0.3) is 5.91 Å². The molecule has 0 spiro atoms. The maximum absolute atomic E-state index is 12.6. The molecule has 0 saturated heterocycles. The monoisotopic (exact) mass is 383 g/mol. The third kappa shape index (κ3) is 4.71. The van der Waals surface area contributed by atoms with Crippen LogP contribution in [-0.2, 0) is 5.75 Å². The lowest BCUT2D eigenvalue weighted by Gasteiger charge is -2.07. The summed E-state index contributed by atoms with van der Waals surface area (Å²) in [4.78, 5) is 22.1. The first-order chi connectivity index (χ1) is 12.5. The van der Waals surface area contributed by atoms with E-state index in [-0.39, 0.29) is 5.91 Å². The highest BCUT2D eigenvalue weighted by Crippen LogP contribution is 2.26. The molecule has 0 aliphatic heterocycles. The number of thiazole rings is 1. The fourth-order valence-electron chi connectivity index (χ4n) is 2.39. The van der Waals surface area contributed by atoms with Gasteiger partial charge in [0.1, 0.15) is 4.88 Å². The molecule has 0 radical (unpaired) electrons. The molecule has 1 amide bonds. The van der Waals surface area contributed by atoms with Crippen molar-refractivity contribution in [1.29, 1.82) is 0 Å². The van der Waals surface area contributed by atoms with E-state index in [4.69, 9.17) is 0 Å². The first-order valence-corrected chi connectivity index (χ1v) is 10.2. The van der Waals surface area contributed by atoms with Gasteiger partial charge in [0.2, 0.25) is 0 Å². The van der Waals surface area contributed by atoms with Crippen LogP contribution < -0.4 is 5.32 Å². The molecule has 26 heavy (non-hydrogen) atoms. The van der Waals surface area contributed by atoms with Crippen LogP contribution >= 0.6 is 23.1 Å². The van der Waals surface area contributed by atoms with E-state index >= 15 is 0 Å². The van der Waals surface area contributed by atoms with E-state index in [1.54, 1.807) is 18.0 Å². The molecule has 0 atom stereocenters. The van der Waals surface area contributed by atoms with E-state index in [1.165, 1.54) is 11.3 Å². The van der Waals surface area contributed by atoms with E-state index in [0.29, 0.717) is 10.8 Å². The summed E-state index contributed by atoms with van der Waals surface area (Å²) in [6.07, 6.45) is 1.79. The summed E-state index contributed by atoms with van der Waals surface area (Å²) in [6, 6.07) is 13.8. The van der Waals surface area contributed by atoms with Gasteiger partial charge in [0.15, 0.2) is 0 Å². The number of thioether (sulfide) groups is 1. The van der Waals surface area contributed by atoms with Crippen molar-refractivity contribution in [3.05, 3.63) is 69.8 Å². The zero-order chi connectivity index (χ0) is 18.5. The first-order valence-electron chi connectivity index (χ1n) is 8.44. The molecule has 0 bridgehead atoms. The van der Waals surface area contributed by atoms with Crippen molar-refractivity contribution in [2.45, 2.75) is 37.5 Å². The van der Waals surface area contributed by atoms with Crippen molar-refractivity contribution >= 4 is 34.7 Å². The zero-order valence-electron chi connectivity index (χ0n) is 15.0. The molecule has 2 aromatic heterocycles. The highest BCUT2D eigenvalue weighted by molar-refractivity contribution is 7.98. The number of hydrogen-bond donors (Lipinski definition) is 1. The van der Waals surface area contributed by atoms with Crippen LogP contribution in [0.5, 0.6) is 0 Å². The van der Waals surface area contributed by atoms with Gasteiger partial charge in [-0.2, -0.15) is 0 Å². The summed E-state index contributed by atoms with van der Waals surface area (Å²) in [5.74, 6) is 1.03. The number of aryl methyl sites for hydroxylation is 1. The summed E-state index contributed by atoms with van der Waals surface area (Å²) in [5, 5.41) is 4.98. The zero-order valence-corrected chi connectivity index (χ0v) is 16.7. The fourth-order valence-corrected chi connectivity index (χ4v) is 4.16. The molecule has 0 aliphatic carbocycles. The van der Waals surface area contributed by atoms with Crippen LogP contribution in [0, 0.1) is 6.92 Å². The number of rotatable bonds is 6. The molecular weight excluding hydrogens is 362 g/mol. The van der Waals surface area contributed by atoms with Crippen molar-refractivity contribution in [2.75, 3.05) is 5.32 Å². The normalized spacial score (nSPS) is 10.9. The fraction of sp³-hybridized carbons (Fsp3) is 0.250. The Morgan fingerprint density at radius 1 is 1.23 bits per heavy atom. The first kappa shape index (κ1) is 18.6. The topological polar surface area (TPSA) is 54.9 Å². The molecular formula is C20H21N3OS2. The second kappa shape index (κ2) is 8.47. The average Bonchev–Trinajstić information content (AvgIpc) is 3.03. The van der Waals surface area contributed by atoms with E-state index < -0.39 is 0 Å². The molecule has 0 saturated carbocycles. The number of anilines is 1. The van der Waals surface area contributed by atoms with E-state index in [1.807, 2.05) is 43.3 Å². The molecule has 6 heteroatoms. The number of nitrogens with one attached hydrogen (secondary N) is 1. The third-order valence-electron chi connectivity index (χ3n) is 3.72. The van der Waals surface area contributed by atoms with Gasteiger partial charge in [0.05, 0.1) is 15.7 Å². The van der Waals surface area contributed by atoms with Gasteiger partial charge in [-0.05, 0) is 36.8 Å². The van der Waals surface area contributed by atoms with Crippen molar-refractivity contribution in [1.82, 2.24) is 9.97 Å². The SMILES string of the molecule is Cc1nc(C(C)C)sc1C(=O)Nc1cccc(CSc2ccccn2)c1. The van der Waals surface area contributed by atoms with Crippen molar-refractivity contribution in [3.8, 4) is 0 Å². The maximum atomic E-state index is 12.6. The Labute approximate surface area is 162 Å². The molecule has 2 heterocycles. The second-order valence-corrected chi connectivity index (χ2v) is 8.26. The molecule has 0 fully saturated rings. The number of amides is 1. The summed E-state index contributed by atoms with van der Waals surface area (Å²) >= 11 is 3.15. The minimum atomic E-state index is -0.0959. The Morgan fingerprint density at radius 2 is 2.08 bits per heavy atom. The Bertz CT molecular complexity index is 891. The van der Waals surface area contributed by atoms with Gasteiger partial charge in [0, 0.05) is 23.6 Å². The summed E-state index contributed by atoms with van der Waals surface area (Å²) in [7, 11) is 0. The number of aromatic nitrogens is 2. The summed E-state index contributed by atoms with van der Waals surface area (Å²) in [6.45, 7) is 6.06. The van der Waals surface area contributed by atoms with Crippen LogP contribution in [0.4, 0.5) is 5.69 Å². The predicted octanol–water partition coefficient (Wildman–Crippen LogP) is 5.51. The van der Waals surface area contributed by atoms with Crippen LogP contribution in [-0.4, -0.2) is 15.9 Å². The Kier molecular flexibility index (Phi) is 6.06. The number of carbonyl (C=O) groups is 1. The molecule has 1 aromatic carbocycles. The summed E-state index contributed by atoms with van der Waals surface area (Å²) < 4.78 is 0. The Morgan fingerprint density at radius 3 is 2.77 bits per heavy atom. The van der Waals surface area contributed by atoms with Gasteiger partial charge in [-0.1, -0.05) is 32.0 Å². The van der Waals surface area contributed by atoms with Crippen molar-refractivity contribution in [3.63, 3.8) is 0 Å². The third-order valence-corrected chi connectivity index (χ3v) is 6.19. The lowest BCUT2D eigenvalue weighted by Crippen LogP contribution is -2.11. The number of carbonyl (C=O) groups excluding carboxylic acids is 1. The van der Waals surface area contributed by atoms with Crippen LogP contribution in [0.2, 0.25) is 0 Å². The number of pyridine rings is 1. The quantitative estimate of drug-likeness (QED) is 0.570. The van der Waals surface area contributed by atoms with Gasteiger partial charge >= 0.3 is 0 Å². The minimum absolute atomic E-state index is 0.0959. The van der Waals surface area contributed by atoms with Gasteiger partial charge in [-0.3, -0.25) is 4.79 Å². The van der Waals surface area contributed by atoms with E-state index in [9.17, 15) is 4.79 Å². The van der Waals surface area contributed by atoms with Crippen LogP contribution in [0.1, 0.15) is 45.7 Å². The van der Waals surface area contributed by atoms with Gasteiger partial charge in [-0.25, -0.2) is 9.97 Å². The highest BCUT2D eigenvalue weighted by Gasteiger charge is 2.17. The van der Waals surface area contributed by atoms with Gasteiger partial charge in [-0.15, -0.1) is 23.1 Å². The highest BCUT2D eigenvalue weighted by atomic mass is 32.2. The van der Waals surface area contributed by atoms with Crippen LogP contribution in [0.15, 0.2) is 53.7 Å². The lowest BCUT2D eigenvalue weighted by atomic mass is 10.2. The Hall–Kier alpha value is -2.18. The predicted molar refractivity (Wildman–Crippen MR) is 109 cm³/mol. The summed E-state index contributed by atoms with van der Waals surface area (Å²) in [5.41, 5.74) is 2.73.